The van der Waals surface area contributed by atoms with Crippen LogP contribution in [-0.4, -0.2) is 33.5 Å². The third kappa shape index (κ3) is 4.29. The third-order valence-electron chi connectivity index (χ3n) is 9.11. The Balaban J connectivity index is 1.17. The number of fused-ring (bicyclic) bond motifs is 7. The summed E-state index contributed by atoms with van der Waals surface area (Å²) in [5.74, 6) is 2.76. The number of para-hydroxylation sites is 4. The summed E-state index contributed by atoms with van der Waals surface area (Å²) in [7, 11) is 0. The lowest BCUT2D eigenvalue weighted by atomic mass is 10.1. The molecule has 0 saturated heterocycles. The minimum atomic E-state index is 0.622. The van der Waals surface area contributed by atoms with Crippen LogP contribution in [0.5, 0.6) is 0 Å². The molecule has 7 nitrogen and oxygen atoms in total. The first-order valence-electron chi connectivity index (χ1n) is 16.3. The van der Waals surface area contributed by atoms with Crippen LogP contribution >= 0.6 is 0 Å². The molecule has 0 fully saturated rings. The van der Waals surface area contributed by atoms with Crippen molar-refractivity contribution in [2.24, 2.45) is 0 Å². The molecule has 0 saturated carbocycles. The van der Waals surface area contributed by atoms with E-state index in [1.807, 2.05) is 60.7 Å². The number of aromatic nitrogens is 7. The van der Waals surface area contributed by atoms with Gasteiger partial charge in [-0.3, -0.25) is 13.5 Å². The second kappa shape index (κ2) is 10.9. The Hall–Kier alpha value is -6.86. The van der Waals surface area contributed by atoms with E-state index < -0.39 is 0 Å². The Morgan fingerprint density at radius 3 is 1.43 bits per heavy atom. The van der Waals surface area contributed by atoms with Gasteiger partial charge >= 0.3 is 0 Å². The molecule has 10 aromatic rings. The average Bonchev–Trinajstić information content (AvgIpc) is 3.82. The number of nitrogens with zero attached hydrogens (tertiary/aromatic N) is 7. The molecule has 4 aromatic heterocycles. The molecular formula is C42H27N7. The van der Waals surface area contributed by atoms with Gasteiger partial charge in [0, 0.05) is 33.5 Å². The zero-order chi connectivity index (χ0) is 32.3. The van der Waals surface area contributed by atoms with Gasteiger partial charge in [0.1, 0.15) is 5.52 Å². The first-order valence-corrected chi connectivity index (χ1v) is 16.3. The van der Waals surface area contributed by atoms with E-state index in [0.717, 1.165) is 66.9 Å². The SMILES string of the molecule is c1ccc(-c2nc(-c3ccccc3)nc(-c3ccc(-n4c5ccccc5n5c4nc4c6ccccc6n(-c6ccccc6)c45)cc3)n2)cc1. The van der Waals surface area contributed by atoms with E-state index in [1.54, 1.807) is 0 Å². The molecule has 0 N–H and O–H groups in total. The fraction of sp³-hybridized carbons (Fsp3) is 0. The van der Waals surface area contributed by atoms with Gasteiger partial charge < -0.3 is 0 Å². The molecule has 10 rings (SSSR count). The summed E-state index contributed by atoms with van der Waals surface area (Å²) >= 11 is 0. The Morgan fingerprint density at radius 1 is 0.347 bits per heavy atom. The maximum atomic E-state index is 5.35. The van der Waals surface area contributed by atoms with Crippen LogP contribution in [0.3, 0.4) is 0 Å². The highest BCUT2D eigenvalue weighted by Crippen LogP contribution is 2.36. The van der Waals surface area contributed by atoms with Crippen molar-refractivity contribution < 1.29 is 0 Å². The molecular weight excluding hydrogens is 603 g/mol. The van der Waals surface area contributed by atoms with Crippen molar-refractivity contribution in [2.45, 2.75) is 0 Å². The summed E-state index contributed by atoms with van der Waals surface area (Å²) in [6.07, 6.45) is 0. The van der Waals surface area contributed by atoms with Crippen LogP contribution in [-0.2, 0) is 0 Å². The maximum absolute atomic E-state index is 5.35. The van der Waals surface area contributed by atoms with E-state index in [9.17, 15) is 0 Å². The van der Waals surface area contributed by atoms with E-state index in [2.05, 4.69) is 117 Å². The van der Waals surface area contributed by atoms with Gasteiger partial charge in [0.25, 0.3) is 0 Å². The second-order valence-electron chi connectivity index (χ2n) is 12.0. The smallest absolute Gasteiger partial charge is 0.221 e. The van der Waals surface area contributed by atoms with Crippen molar-refractivity contribution in [3.8, 4) is 45.5 Å². The van der Waals surface area contributed by atoms with Gasteiger partial charge in [-0.1, -0.05) is 109 Å². The molecule has 0 aliphatic carbocycles. The lowest BCUT2D eigenvalue weighted by molar-refractivity contribution is 1.07. The van der Waals surface area contributed by atoms with Crippen LogP contribution in [0, 0.1) is 0 Å². The van der Waals surface area contributed by atoms with Crippen molar-refractivity contribution in [1.29, 1.82) is 0 Å². The maximum Gasteiger partial charge on any atom is 0.221 e. The largest absolute Gasteiger partial charge is 0.294 e. The Morgan fingerprint density at radius 2 is 0.816 bits per heavy atom. The predicted molar refractivity (Wildman–Crippen MR) is 196 cm³/mol. The van der Waals surface area contributed by atoms with E-state index in [1.165, 1.54) is 0 Å². The van der Waals surface area contributed by atoms with Gasteiger partial charge in [-0.15, -0.1) is 0 Å². The highest BCUT2D eigenvalue weighted by molar-refractivity contribution is 6.09. The van der Waals surface area contributed by atoms with Crippen LogP contribution in [0.15, 0.2) is 164 Å². The van der Waals surface area contributed by atoms with Crippen LogP contribution in [0.4, 0.5) is 0 Å². The zero-order valence-electron chi connectivity index (χ0n) is 26.2. The Bertz CT molecular complexity index is 2740. The molecule has 49 heavy (non-hydrogen) atoms. The standard InChI is InChI=1S/C42H27N7/c1-4-14-28(15-5-1)38-44-39(29-16-6-2-7-17-29)46-40(45-38)30-24-26-32(27-25-30)48-35-22-12-13-23-36(35)49-41-37(43-42(48)49)33-20-10-11-21-34(33)47(41)31-18-8-3-9-19-31/h1-27H. The topological polar surface area (TPSA) is 65.8 Å². The van der Waals surface area contributed by atoms with Gasteiger partial charge in [0.15, 0.2) is 23.1 Å². The molecule has 0 radical (unpaired) electrons. The Kier molecular flexibility index (Phi) is 6.04. The Labute approximate surface area is 281 Å². The zero-order valence-corrected chi connectivity index (χ0v) is 26.2. The summed E-state index contributed by atoms with van der Waals surface area (Å²) in [4.78, 5) is 20.1. The van der Waals surface area contributed by atoms with Crippen molar-refractivity contribution >= 4 is 38.9 Å². The van der Waals surface area contributed by atoms with E-state index >= 15 is 0 Å². The number of rotatable bonds is 5. The quantitative estimate of drug-likeness (QED) is 0.190. The monoisotopic (exact) mass is 629 g/mol. The highest BCUT2D eigenvalue weighted by Gasteiger charge is 2.23. The number of hydrogen-bond donors (Lipinski definition) is 0. The number of hydrogen-bond acceptors (Lipinski definition) is 4. The van der Waals surface area contributed by atoms with E-state index in [4.69, 9.17) is 19.9 Å². The van der Waals surface area contributed by atoms with Gasteiger partial charge in [-0.25, -0.2) is 19.9 Å². The van der Waals surface area contributed by atoms with Gasteiger partial charge in [-0.2, -0.15) is 0 Å². The minimum absolute atomic E-state index is 0.622. The van der Waals surface area contributed by atoms with Gasteiger partial charge in [0.2, 0.25) is 5.78 Å². The average molecular weight is 630 g/mol. The normalized spacial score (nSPS) is 11.7. The molecule has 0 aliphatic rings. The fourth-order valence-corrected chi connectivity index (χ4v) is 6.88. The van der Waals surface area contributed by atoms with Crippen LogP contribution in [0.1, 0.15) is 0 Å². The molecule has 0 atom stereocenters. The van der Waals surface area contributed by atoms with Crippen LogP contribution in [0.25, 0.3) is 84.4 Å². The number of benzene rings is 6. The van der Waals surface area contributed by atoms with Crippen molar-refractivity contribution in [1.82, 2.24) is 33.5 Å². The van der Waals surface area contributed by atoms with Crippen LogP contribution in [0.2, 0.25) is 0 Å². The van der Waals surface area contributed by atoms with Crippen molar-refractivity contribution in [3.05, 3.63) is 164 Å². The molecule has 7 heteroatoms. The summed E-state index contributed by atoms with van der Waals surface area (Å²) in [5, 5.41) is 1.12. The second-order valence-corrected chi connectivity index (χ2v) is 12.0. The van der Waals surface area contributed by atoms with Crippen LogP contribution < -0.4 is 0 Å². The molecule has 4 heterocycles. The fourth-order valence-electron chi connectivity index (χ4n) is 6.88. The molecule has 0 spiro atoms. The van der Waals surface area contributed by atoms with Gasteiger partial charge in [0.05, 0.1) is 16.6 Å². The lowest BCUT2D eigenvalue weighted by Gasteiger charge is -2.10. The summed E-state index contributed by atoms with van der Waals surface area (Å²) in [5.41, 5.74) is 10.2. The third-order valence-corrected chi connectivity index (χ3v) is 9.11. The number of imidazole rings is 2. The summed E-state index contributed by atoms with van der Waals surface area (Å²) < 4.78 is 6.84. The molecule has 230 valence electrons. The van der Waals surface area contributed by atoms with E-state index in [0.29, 0.717) is 17.5 Å². The predicted octanol–water partition coefficient (Wildman–Crippen LogP) is 9.56. The summed E-state index contributed by atoms with van der Waals surface area (Å²) in [6.45, 7) is 0. The molecule has 0 bridgehead atoms. The molecule has 0 unspecified atom stereocenters. The first-order chi connectivity index (χ1) is 24.3. The molecule has 0 amide bonds. The lowest BCUT2D eigenvalue weighted by Crippen LogP contribution is -2.00. The summed E-state index contributed by atoms with van der Waals surface area (Å²) in [6, 6.07) is 56.0. The van der Waals surface area contributed by atoms with Crippen molar-refractivity contribution in [3.63, 3.8) is 0 Å². The molecule has 6 aromatic carbocycles. The van der Waals surface area contributed by atoms with Crippen molar-refractivity contribution in [2.75, 3.05) is 0 Å². The highest BCUT2D eigenvalue weighted by atomic mass is 15.3. The molecule has 0 aliphatic heterocycles. The van der Waals surface area contributed by atoms with E-state index in [-0.39, 0.29) is 0 Å². The first kappa shape index (κ1) is 27.3. The van der Waals surface area contributed by atoms with Gasteiger partial charge in [-0.05, 0) is 54.6 Å². The minimum Gasteiger partial charge on any atom is -0.294 e.